The highest BCUT2D eigenvalue weighted by molar-refractivity contribution is 5.63. The van der Waals surface area contributed by atoms with Gasteiger partial charge in [-0.05, 0) is 25.0 Å². The second-order valence-electron chi connectivity index (χ2n) is 8.93. The first-order valence-electron chi connectivity index (χ1n) is 11.2. The summed E-state index contributed by atoms with van der Waals surface area (Å²) in [5.74, 6) is -0.242. The minimum absolute atomic E-state index is 0.0806. The highest BCUT2D eigenvalue weighted by atomic mass is 19.1. The Morgan fingerprint density at radius 2 is 1.94 bits per heavy atom. The number of aromatic nitrogens is 5. The molecule has 0 unspecified atom stereocenters. The van der Waals surface area contributed by atoms with E-state index in [-0.39, 0.29) is 29.4 Å². The van der Waals surface area contributed by atoms with Crippen LogP contribution < -0.4 is 4.90 Å². The van der Waals surface area contributed by atoms with E-state index in [2.05, 4.69) is 20.2 Å². The van der Waals surface area contributed by atoms with Crippen LogP contribution in [-0.2, 0) is 11.3 Å². The predicted molar refractivity (Wildman–Crippen MR) is 119 cm³/mol. The van der Waals surface area contributed by atoms with Crippen LogP contribution in [0.4, 0.5) is 14.6 Å². The number of halogens is 2. The number of anilines is 1. The second kappa shape index (κ2) is 8.28. The van der Waals surface area contributed by atoms with Crippen molar-refractivity contribution < 1.29 is 18.0 Å². The molecule has 10 heteroatoms. The predicted octanol–water partition coefficient (Wildman–Crippen LogP) is 3.94. The van der Waals surface area contributed by atoms with Crippen LogP contribution in [0.5, 0.6) is 0 Å². The number of ether oxygens (including phenoxy) is 1. The molecule has 0 N–H and O–H groups in total. The highest BCUT2D eigenvalue weighted by Crippen LogP contribution is 2.39. The number of rotatable bonds is 5. The standard InChI is InChI=1S/C24H22F2N6O2/c25-17-5-2-1-4-16(17)12-32-21(19-6-9-34-30-19)10-20(29-32)22-27-11-18(26)23(28-22)31-8-3-7-24(13-31)14-33-15-24/h1-2,4-6,9-11H,3,7-8,12-15H2. The van der Waals surface area contributed by atoms with Gasteiger partial charge in [-0.3, -0.25) is 4.68 Å². The number of nitrogens with zero attached hydrogens (tertiary/aromatic N) is 6. The molecule has 174 valence electrons. The van der Waals surface area contributed by atoms with Gasteiger partial charge < -0.3 is 14.2 Å². The molecule has 34 heavy (non-hydrogen) atoms. The van der Waals surface area contributed by atoms with Gasteiger partial charge in [0, 0.05) is 30.1 Å². The van der Waals surface area contributed by atoms with Crippen LogP contribution in [0.2, 0.25) is 0 Å². The van der Waals surface area contributed by atoms with Gasteiger partial charge in [-0.1, -0.05) is 23.4 Å². The van der Waals surface area contributed by atoms with Crippen molar-refractivity contribution in [2.75, 3.05) is 31.2 Å². The summed E-state index contributed by atoms with van der Waals surface area (Å²) in [7, 11) is 0. The fraction of sp³-hybridized carbons (Fsp3) is 0.333. The van der Waals surface area contributed by atoms with E-state index in [1.54, 1.807) is 35.0 Å². The van der Waals surface area contributed by atoms with Crippen LogP contribution in [0.3, 0.4) is 0 Å². The molecule has 0 saturated carbocycles. The quantitative estimate of drug-likeness (QED) is 0.443. The smallest absolute Gasteiger partial charge is 0.183 e. The lowest BCUT2D eigenvalue weighted by Gasteiger charge is -2.48. The lowest BCUT2D eigenvalue weighted by Crippen LogP contribution is -2.54. The maximum absolute atomic E-state index is 14.8. The molecule has 2 aliphatic rings. The molecule has 2 aliphatic heterocycles. The largest absolute Gasteiger partial charge is 0.380 e. The summed E-state index contributed by atoms with van der Waals surface area (Å²) in [5, 5.41) is 8.63. The Bertz CT molecular complexity index is 1320. The molecule has 0 aliphatic carbocycles. The van der Waals surface area contributed by atoms with Crippen LogP contribution >= 0.6 is 0 Å². The molecule has 2 saturated heterocycles. The fourth-order valence-corrected chi connectivity index (χ4v) is 4.70. The van der Waals surface area contributed by atoms with E-state index in [0.717, 1.165) is 19.4 Å². The molecule has 1 aromatic carbocycles. The van der Waals surface area contributed by atoms with Crippen molar-refractivity contribution in [3.05, 3.63) is 66.1 Å². The third-order valence-corrected chi connectivity index (χ3v) is 6.49. The summed E-state index contributed by atoms with van der Waals surface area (Å²) in [5.41, 5.74) is 2.15. The average molecular weight is 464 g/mol. The minimum atomic E-state index is -0.469. The van der Waals surface area contributed by atoms with Gasteiger partial charge in [-0.2, -0.15) is 5.10 Å². The summed E-state index contributed by atoms with van der Waals surface area (Å²) in [6, 6.07) is 9.97. The van der Waals surface area contributed by atoms with Gasteiger partial charge >= 0.3 is 0 Å². The SMILES string of the molecule is Fc1ccccc1Cn1nc(-c2ncc(F)c(N3CCCC4(COC4)C3)n2)cc1-c1ccon1. The van der Waals surface area contributed by atoms with Crippen LogP contribution in [0, 0.1) is 17.0 Å². The summed E-state index contributed by atoms with van der Waals surface area (Å²) >= 11 is 0. The van der Waals surface area contributed by atoms with Crippen LogP contribution in [0.25, 0.3) is 22.9 Å². The van der Waals surface area contributed by atoms with Crippen molar-refractivity contribution in [2.45, 2.75) is 19.4 Å². The first kappa shape index (κ1) is 20.9. The van der Waals surface area contributed by atoms with Crippen LogP contribution in [0.1, 0.15) is 18.4 Å². The molecule has 3 aromatic heterocycles. The van der Waals surface area contributed by atoms with E-state index < -0.39 is 5.82 Å². The normalized spacial score (nSPS) is 17.2. The summed E-state index contributed by atoms with van der Waals surface area (Å²) in [6.07, 6.45) is 4.67. The Labute approximate surface area is 194 Å². The molecule has 5 heterocycles. The van der Waals surface area contributed by atoms with Crippen molar-refractivity contribution in [3.8, 4) is 22.9 Å². The monoisotopic (exact) mass is 464 g/mol. The topological polar surface area (TPSA) is 82.1 Å². The van der Waals surface area contributed by atoms with E-state index in [0.29, 0.717) is 42.4 Å². The Hall–Kier alpha value is -3.66. The molecule has 0 amide bonds. The first-order chi connectivity index (χ1) is 16.6. The zero-order chi connectivity index (χ0) is 23.1. The van der Waals surface area contributed by atoms with Gasteiger partial charge in [0.1, 0.15) is 23.5 Å². The van der Waals surface area contributed by atoms with E-state index in [1.165, 1.54) is 18.5 Å². The number of piperidine rings is 1. The van der Waals surface area contributed by atoms with Gasteiger partial charge in [0.25, 0.3) is 0 Å². The fourth-order valence-electron chi connectivity index (χ4n) is 4.70. The summed E-state index contributed by atoms with van der Waals surface area (Å²) < 4.78 is 41.2. The van der Waals surface area contributed by atoms with Gasteiger partial charge in [-0.15, -0.1) is 0 Å². The van der Waals surface area contributed by atoms with Crippen molar-refractivity contribution >= 4 is 5.82 Å². The molecular formula is C24H22F2N6O2. The first-order valence-corrected chi connectivity index (χ1v) is 11.2. The van der Waals surface area contributed by atoms with Gasteiger partial charge in [0.15, 0.2) is 17.5 Å². The van der Waals surface area contributed by atoms with E-state index in [4.69, 9.17) is 9.26 Å². The lowest BCUT2D eigenvalue weighted by atomic mass is 9.78. The van der Waals surface area contributed by atoms with Crippen molar-refractivity contribution in [2.24, 2.45) is 5.41 Å². The number of benzene rings is 1. The molecule has 1 spiro atoms. The molecule has 6 rings (SSSR count). The summed E-state index contributed by atoms with van der Waals surface area (Å²) in [4.78, 5) is 10.7. The van der Waals surface area contributed by atoms with Crippen molar-refractivity contribution in [1.29, 1.82) is 0 Å². The van der Waals surface area contributed by atoms with Crippen LogP contribution in [0.15, 0.2) is 53.4 Å². The Kier molecular flexibility index (Phi) is 5.09. The molecular weight excluding hydrogens is 442 g/mol. The van der Waals surface area contributed by atoms with Crippen LogP contribution in [-0.4, -0.2) is 51.2 Å². The Balaban J connectivity index is 1.37. The third-order valence-electron chi connectivity index (χ3n) is 6.49. The molecule has 8 nitrogen and oxygen atoms in total. The molecule has 4 aromatic rings. The maximum atomic E-state index is 14.8. The molecule has 2 fully saturated rings. The number of hydrogen-bond acceptors (Lipinski definition) is 7. The van der Waals surface area contributed by atoms with Crippen molar-refractivity contribution in [3.63, 3.8) is 0 Å². The average Bonchev–Trinajstić information content (AvgIpc) is 3.50. The van der Waals surface area contributed by atoms with Crippen molar-refractivity contribution in [1.82, 2.24) is 24.9 Å². The second-order valence-corrected chi connectivity index (χ2v) is 8.93. The minimum Gasteiger partial charge on any atom is -0.380 e. The highest BCUT2D eigenvalue weighted by Gasteiger charge is 2.43. The molecule has 0 bridgehead atoms. The van der Waals surface area contributed by atoms with E-state index in [1.807, 2.05) is 4.90 Å². The molecule has 0 radical (unpaired) electrons. The zero-order valence-corrected chi connectivity index (χ0v) is 18.3. The number of hydrogen-bond donors (Lipinski definition) is 0. The Morgan fingerprint density at radius 1 is 1.06 bits per heavy atom. The van der Waals surface area contributed by atoms with E-state index >= 15 is 0 Å². The zero-order valence-electron chi connectivity index (χ0n) is 18.3. The summed E-state index contributed by atoms with van der Waals surface area (Å²) in [6.45, 7) is 3.00. The Morgan fingerprint density at radius 3 is 2.71 bits per heavy atom. The van der Waals surface area contributed by atoms with Gasteiger partial charge in [0.2, 0.25) is 0 Å². The van der Waals surface area contributed by atoms with Gasteiger partial charge in [-0.25, -0.2) is 18.7 Å². The molecule has 0 atom stereocenters. The maximum Gasteiger partial charge on any atom is 0.183 e. The lowest BCUT2D eigenvalue weighted by molar-refractivity contribution is -0.118. The third kappa shape index (κ3) is 3.73. The van der Waals surface area contributed by atoms with Gasteiger partial charge in [0.05, 0.1) is 31.6 Å². The van der Waals surface area contributed by atoms with E-state index in [9.17, 15) is 8.78 Å².